The normalized spacial score (nSPS) is 39.7. The first-order valence-electron chi connectivity index (χ1n) is 5.74. The Bertz CT molecular complexity index is 210. The molecular weight excluding hydrogens is 158 g/mol. The first-order valence-corrected chi connectivity index (χ1v) is 5.74. The summed E-state index contributed by atoms with van der Waals surface area (Å²) in [5.41, 5.74) is 7.68. The van der Waals surface area contributed by atoms with Crippen LogP contribution in [0.1, 0.15) is 52.9 Å². The molecule has 0 aliphatic heterocycles. The molecule has 0 amide bonds. The Morgan fingerprint density at radius 3 is 1.85 bits per heavy atom. The quantitative estimate of drug-likeness (QED) is 0.711. The second-order valence-corrected chi connectivity index (χ2v) is 5.83. The number of rotatable bonds is 3. The van der Waals surface area contributed by atoms with Gasteiger partial charge in [-0.05, 0) is 48.5 Å². The van der Waals surface area contributed by atoms with E-state index in [1.54, 1.807) is 0 Å². The smallest absolute Gasteiger partial charge is 0.000987 e. The van der Waals surface area contributed by atoms with Crippen LogP contribution in [-0.2, 0) is 0 Å². The summed E-state index contributed by atoms with van der Waals surface area (Å²) in [5.74, 6) is 0. The average Bonchev–Trinajstić information content (AvgIpc) is 2.54. The zero-order valence-corrected chi connectivity index (χ0v) is 9.32. The van der Waals surface area contributed by atoms with Crippen LogP contribution in [0.5, 0.6) is 0 Å². The summed E-state index contributed by atoms with van der Waals surface area (Å²) in [5, 5.41) is 0. The lowest BCUT2D eigenvalue weighted by atomic mass is 9.55. The number of hydrogen-bond acceptors (Lipinski definition) is 1. The minimum absolute atomic E-state index is 0.507. The molecule has 0 aromatic rings. The lowest BCUT2D eigenvalue weighted by Gasteiger charge is -2.50. The lowest BCUT2D eigenvalue weighted by Crippen LogP contribution is -2.45. The molecule has 0 spiro atoms. The molecule has 2 aliphatic carbocycles. The molecule has 0 heterocycles. The van der Waals surface area contributed by atoms with Crippen LogP contribution in [0.3, 0.4) is 0 Å². The van der Waals surface area contributed by atoms with E-state index < -0.39 is 0 Å². The van der Waals surface area contributed by atoms with Gasteiger partial charge in [0.1, 0.15) is 0 Å². The number of nitrogens with two attached hydrogens (primary N) is 1. The fourth-order valence-electron chi connectivity index (χ4n) is 3.95. The van der Waals surface area contributed by atoms with E-state index >= 15 is 0 Å². The van der Waals surface area contributed by atoms with Crippen LogP contribution in [0.4, 0.5) is 0 Å². The van der Waals surface area contributed by atoms with E-state index in [-0.39, 0.29) is 0 Å². The third-order valence-electron chi connectivity index (χ3n) is 5.27. The minimum atomic E-state index is 0.507. The van der Waals surface area contributed by atoms with Crippen molar-refractivity contribution in [3.8, 4) is 0 Å². The summed E-state index contributed by atoms with van der Waals surface area (Å²) in [7, 11) is 0. The van der Waals surface area contributed by atoms with Crippen LogP contribution >= 0.6 is 0 Å². The zero-order valence-electron chi connectivity index (χ0n) is 9.32. The molecule has 0 bridgehead atoms. The maximum atomic E-state index is 6.02. The van der Waals surface area contributed by atoms with Crippen molar-refractivity contribution in [3.05, 3.63) is 0 Å². The van der Waals surface area contributed by atoms with Crippen LogP contribution in [0.25, 0.3) is 0 Å². The van der Waals surface area contributed by atoms with Crippen LogP contribution in [0.15, 0.2) is 0 Å². The molecule has 1 heteroatoms. The second kappa shape index (κ2) is 2.50. The molecule has 1 nitrogen and oxygen atoms in total. The molecule has 2 aliphatic rings. The van der Waals surface area contributed by atoms with Gasteiger partial charge in [0, 0.05) is 0 Å². The van der Waals surface area contributed by atoms with Crippen LogP contribution in [0.2, 0.25) is 0 Å². The summed E-state index contributed by atoms with van der Waals surface area (Å²) >= 11 is 0. The van der Waals surface area contributed by atoms with Gasteiger partial charge in [-0.2, -0.15) is 0 Å². The van der Waals surface area contributed by atoms with Crippen molar-refractivity contribution >= 4 is 0 Å². The van der Waals surface area contributed by atoms with Crippen molar-refractivity contribution in [1.29, 1.82) is 0 Å². The number of hydrogen-bond donors (Lipinski definition) is 1. The molecule has 76 valence electrons. The highest BCUT2D eigenvalue weighted by Crippen LogP contribution is 2.76. The Morgan fingerprint density at radius 1 is 1.23 bits per heavy atom. The van der Waals surface area contributed by atoms with Gasteiger partial charge in [-0.1, -0.05) is 27.2 Å². The van der Waals surface area contributed by atoms with Gasteiger partial charge >= 0.3 is 0 Å². The highest BCUT2D eigenvalue weighted by Gasteiger charge is 2.70. The van der Waals surface area contributed by atoms with Gasteiger partial charge in [0.25, 0.3) is 0 Å². The molecule has 0 aromatic heterocycles. The first kappa shape index (κ1) is 9.51. The fraction of sp³-hybridized carbons (Fsp3) is 1.00. The van der Waals surface area contributed by atoms with Gasteiger partial charge in [0.05, 0.1) is 0 Å². The van der Waals surface area contributed by atoms with E-state index in [2.05, 4.69) is 20.8 Å². The Kier molecular flexibility index (Phi) is 1.83. The van der Waals surface area contributed by atoms with Crippen LogP contribution in [0, 0.1) is 16.2 Å². The van der Waals surface area contributed by atoms with E-state index in [4.69, 9.17) is 5.73 Å². The van der Waals surface area contributed by atoms with Crippen LogP contribution in [-0.4, -0.2) is 6.54 Å². The zero-order chi connectivity index (χ0) is 9.74. The summed E-state index contributed by atoms with van der Waals surface area (Å²) in [6.07, 6.45) is 7.01. The van der Waals surface area contributed by atoms with Crippen LogP contribution < -0.4 is 5.73 Å². The van der Waals surface area contributed by atoms with Crippen molar-refractivity contribution in [2.75, 3.05) is 6.54 Å². The molecule has 0 saturated heterocycles. The maximum Gasteiger partial charge on any atom is -0.000987 e. The Hall–Kier alpha value is -0.0400. The summed E-state index contributed by atoms with van der Waals surface area (Å²) in [6.45, 7) is 8.06. The average molecular weight is 181 g/mol. The molecule has 2 fully saturated rings. The Morgan fingerprint density at radius 2 is 1.77 bits per heavy atom. The van der Waals surface area contributed by atoms with Gasteiger partial charge < -0.3 is 5.73 Å². The topological polar surface area (TPSA) is 26.0 Å². The third kappa shape index (κ3) is 0.918. The minimum Gasteiger partial charge on any atom is -0.330 e. The fourth-order valence-corrected chi connectivity index (χ4v) is 3.95. The lowest BCUT2D eigenvalue weighted by molar-refractivity contribution is 0.00785. The Labute approximate surface area is 82.1 Å². The highest BCUT2D eigenvalue weighted by molar-refractivity contribution is 5.20. The van der Waals surface area contributed by atoms with E-state index in [1.165, 1.54) is 32.1 Å². The van der Waals surface area contributed by atoms with Gasteiger partial charge in [-0.25, -0.2) is 0 Å². The molecule has 1 unspecified atom stereocenters. The van der Waals surface area contributed by atoms with Crippen molar-refractivity contribution in [1.82, 2.24) is 0 Å². The molecule has 2 rings (SSSR count). The SMILES string of the molecule is CCC1(C2(CN)CC2(C)C)CCC1. The Balaban J connectivity index is 2.23. The molecule has 2 N–H and O–H groups in total. The molecule has 2 saturated carbocycles. The predicted molar refractivity (Wildman–Crippen MR) is 56.5 cm³/mol. The predicted octanol–water partition coefficient (Wildman–Crippen LogP) is 2.94. The standard InChI is InChI=1S/C12H23N/c1-4-11(6-5-7-11)12(9-13)8-10(12,2)3/h4-9,13H2,1-3H3. The molecule has 13 heavy (non-hydrogen) atoms. The van der Waals surface area contributed by atoms with Gasteiger partial charge in [-0.3, -0.25) is 0 Å². The van der Waals surface area contributed by atoms with Crippen molar-refractivity contribution in [2.24, 2.45) is 22.0 Å². The summed E-state index contributed by atoms with van der Waals surface area (Å²) < 4.78 is 0. The van der Waals surface area contributed by atoms with E-state index in [0.717, 1.165) is 6.54 Å². The molecule has 1 atom stereocenters. The molecular formula is C12H23N. The van der Waals surface area contributed by atoms with Gasteiger partial charge in [0.15, 0.2) is 0 Å². The van der Waals surface area contributed by atoms with Crippen molar-refractivity contribution < 1.29 is 0 Å². The van der Waals surface area contributed by atoms with Crippen molar-refractivity contribution in [2.45, 2.75) is 52.9 Å². The van der Waals surface area contributed by atoms with Gasteiger partial charge in [0.2, 0.25) is 0 Å². The largest absolute Gasteiger partial charge is 0.330 e. The van der Waals surface area contributed by atoms with Crippen molar-refractivity contribution in [3.63, 3.8) is 0 Å². The molecule has 0 aromatic carbocycles. The highest BCUT2D eigenvalue weighted by atomic mass is 14.8. The second-order valence-electron chi connectivity index (χ2n) is 5.83. The summed E-state index contributed by atoms with van der Waals surface area (Å²) in [4.78, 5) is 0. The monoisotopic (exact) mass is 181 g/mol. The van der Waals surface area contributed by atoms with E-state index in [1.807, 2.05) is 0 Å². The summed E-state index contributed by atoms with van der Waals surface area (Å²) in [6, 6.07) is 0. The third-order valence-corrected chi connectivity index (χ3v) is 5.27. The van der Waals surface area contributed by atoms with Gasteiger partial charge in [-0.15, -0.1) is 0 Å². The van der Waals surface area contributed by atoms with E-state index in [9.17, 15) is 0 Å². The van der Waals surface area contributed by atoms with E-state index in [0.29, 0.717) is 16.2 Å². The maximum absolute atomic E-state index is 6.02. The first-order chi connectivity index (χ1) is 6.04. The molecule has 0 radical (unpaired) electrons.